The molecule has 0 radical (unpaired) electrons. The molecule has 118 valence electrons. The lowest BCUT2D eigenvalue weighted by molar-refractivity contribution is 0.102. The van der Waals surface area contributed by atoms with Crippen molar-refractivity contribution in [2.24, 2.45) is 0 Å². The zero-order valence-electron chi connectivity index (χ0n) is 12.2. The standard InChI is InChI=1S/C16H10FN5OS/c17-12-4-2-1-3-10(12)13-9-22-14(20-13)11(5-6-19-22)15(23)21-16-18-7-8-24-16/h1-9H,(H,18,21,23). The molecule has 0 atom stereocenters. The summed E-state index contributed by atoms with van der Waals surface area (Å²) in [4.78, 5) is 20.8. The lowest BCUT2D eigenvalue weighted by atomic mass is 10.1. The van der Waals surface area contributed by atoms with Gasteiger partial charge in [0.25, 0.3) is 5.91 Å². The minimum absolute atomic E-state index is 0.336. The minimum Gasteiger partial charge on any atom is -0.298 e. The molecule has 0 unspecified atom stereocenters. The van der Waals surface area contributed by atoms with Crippen molar-refractivity contribution >= 4 is 28.0 Å². The summed E-state index contributed by atoms with van der Waals surface area (Å²) < 4.78 is 15.4. The Balaban J connectivity index is 1.78. The second kappa shape index (κ2) is 5.82. The minimum atomic E-state index is -0.380. The molecule has 0 saturated heterocycles. The molecule has 4 aromatic rings. The van der Waals surface area contributed by atoms with Crippen molar-refractivity contribution in [2.45, 2.75) is 0 Å². The van der Waals surface area contributed by atoms with Crippen LogP contribution in [0.5, 0.6) is 0 Å². The molecule has 1 amide bonds. The van der Waals surface area contributed by atoms with E-state index in [2.05, 4.69) is 20.4 Å². The van der Waals surface area contributed by atoms with Crippen LogP contribution in [0.15, 0.2) is 54.3 Å². The zero-order valence-corrected chi connectivity index (χ0v) is 13.0. The van der Waals surface area contributed by atoms with Crippen molar-refractivity contribution in [1.82, 2.24) is 19.6 Å². The van der Waals surface area contributed by atoms with Gasteiger partial charge in [-0.3, -0.25) is 10.1 Å². The average Bonchev–Trinajstić information content (AvgIpc) is 3.23. The quantitative estimate of drug-likeness (QED) is 0.622. The smallest absolute Gasteiger partial charge is 0.261 e. The van der Waals surface area contributed by atoms with Gasteiger partial charge in [-0.1, -0.05) is 12.1 Å². The third-order valence-corrected chi connectivity index (χ3v) is 4.10. The van der Waals surface area contributed by atoms with Crippen LogP contribution in [0, 0.1) is 5.82 Å². The van der Waals surface area contributed by atoms with Gasteiger partial charge in [-0.2, -0.15) is 5.10 Å². The third kappa shape index (κ3) is 2.52. The highest BCUT2D eigenvalue weighted by Crippen LogP contribution is 2.23. The van der Waals surface area contributed by atoms with Gasteiger partial charge in [-0.25, -0.2) is 18.9 Å². The van der Waals surface area contributed by atoms with Crippen LogP contribution in [0.1, 0.15) is 10.4 Å². The van der Waals surface area contributed by atoms with Crippen LogP contribution < -0.4 is 5.32 Å². The van der Waals surface area contributed by atoms with Gasteiger partial charge >= 0.3 is 0 Å². The van der Waals surface area contributed by atoms with Crippen LogP contribution >= 0.6 is 11.3 Å². The van der Waals surface area contributed by atoms with Crippen molar-refractivity contribution in [3.8, 4) is 11.3 Å². The fraction of sp³-hybridized carbons (Fsp3) is 0. The number of nitrogens with zero attached hydrogens (tertiary/aromatic N) is 4. The highest BCUT2D eigenvalue weighted by atomic mass is 32.1. The van der Waals surface area contributed by atoms with Gasteiger partial charge in [0.2, 0.25) is 0 Å². The summed E-state index contributed by atoms with van der Waals surface area (Å²) in [6.07, 6.45) is 4.69. The van der Waals surface area contributed by atoms with E-state index in [1.807, 2.05) is 0 Å². The summed E-state index contributed by atoms with van der Waals surface area (Å²) in [5, 5.41) is 9.10. The maximum absolute atomic E-state index is 14.0. The summed E-state index contributed by atoms with van der Waals surface area (Å²) in [5.41, 5.74) is 1.46. The van der Waals surface area contributed by atoms with E-state index in [0.29, 0.717) is 27.6 Å². The van der Waals surface area contributed by atoms with Crippen LogP contribution in [0.3, 0.4) is 0 Å². The van der Waals surface area contributed by atoms with Crippen molar-refractivity contribution in [1.29, 1.82) is 0 Å². The van der Waals surface area contributed by atoms with E-state index in [0.717, 1.165) is 0 Å². The Labute approximate surface area is 139 Å². The molecule has 1 aromatic carbocycles. The number of imidazole rings is 1. The number of anilines is 1. The molecular weight excluding hydrogens is 329 g/mol. The molecule has 1 N–H and O–H groups in total. The molecule has 6 nitrogen and oxygen atoms in total. The number of carbonyl (C=O) groups is 1. The second-order valence-electron chi connectivity index (χ2n) is 4.91. The van der Waals surface area contributed by atoms with Gasteiger partial charge in [-0.05, 0) is 18.2 Å². The molecule has 0 fully saturated rings. The summed E-state index contributed by atoms with van der Waals surface area (Å²) in [7, 11) is 0. The first-order valence-electron chi connectivity index (χ1n) is 7.02. The molecule has 8 heteroatoms. The Kier molecular flexibility index (Phi) is 3.51. The van der Waals surface area contributed by atoms with Crippen molar-refractivity contribution in [3.63, 3.8) is 0 Å². The molecule has 24 heavy (non-hydrogen) atoms. The lowest BCUT2D eigenvalue weighted by Crippen LogP contribution is -2.13. The van der Waals surface area contributed by atoms with Crippen LogP contribution in [0.2, 0.25) is 0 Å². The number of halogens is 1. The van der Waals surface area contributed by atoms with E-state index >= 15 is 0 Å². The maximum atomic E-state index is 14.0. The number of carbonyl (C=O) groups excluding carboxylic acids is 1. The summed E-state index contributed by atoms with van der Waals surface area (Å²) in [5.74, 6) is -0.724. The summed E-state index contributed by atoms with van der Waals surface area (Å²) >= 11 is 1.32. The van der Waals surface area contributed by atoms with Gasteiger partial charge in [0, 0.05) is 23.3 Å². The summed E-state index contributed by atoms with van der Waals surface area (Å²) in [6, 6.07) is 7.90. The normalized spacial score (nSPS) is 10.9. The third-order valence-electron chi connectivity index (χ3n) is 3.41. The predicted molar refractivity (Wildman–Crippen MR) is 88.4 cm³/mol. The number of fused-ring (bicyclic) bond motifs is 1. The number of thiazole rings is 1. The Bertz CT molecular complexity index is 1030. The zero-order chi connectivity index (χ0) is 16.5. The molecule has 3 aromatic heterocycles. The van der Waals surface area contributed by atoms with Crippen LogP contribution in [-0.2, 0) is 0 Å². The first-order valence-corrected chi connectivity index (χ1v) is 7.90. The summed E-state index contributed by atoms with van der Waals surface area (Å²) in [6.45, 7) is 0. The molecule has 0 saturated carbocycles. The predicted octanol–water partition coefficient (Wildman–Crippen LogP) is 3.24. The number of hydrogen-bond acceptors (Lipinski definition) is 5. The van der Waals surface area contributed by atoms with E-state index in [-0.39, 0.29) is 11.7 Å². The monoisotopic (exact) mass is 339 g/mol. The second-order valence-corrected chi connectivity index (χ2v) is 5.80. The highest BCUT2D eigenvalue weighted by molar-refractivity contribution is 7.13. The number of benzene rings is 1. The van der Waals surface area contributed by atoms with Gasteiger partial charge < -0.3 is 0 Å². The number of hydrogen-bond donors (Lipinski definition) is 1. The highest BCUT2D eigenvalue weighted by Gasteiger charge is 2.16. The van der Waals surface area contributed by atoms with E-state index in [1.54, 1.807) is 42.0 Å². The number of rotatable bonds is 3. The van der Waals surface area contributed by atoms with E-state index in [4.69, 9.17) is 0 Å². The van der Waals surface area contributed by atoms with E-state index in [1.165, 1.54) is 28.1 Å². The fourth-order valence-electron chi connectivity index (χ4n) is 2.32. The van der Waals surface area contributed by atoms with Crippen LogP contribution in [-0.4, -0.2) is 25.5 Å². The Hall–Kier alpha value is -3.13. The fourth-order valence-corrected chi connectivity index (χ4v) is 2.85. The van der Waals surface area contributed by atoms with Crippen molar-refractivity contribution < 1.29 is 9.18 Å². The molecule has 0 bridgehead atoms. The Morgan fingerprint density at radius 2 is 2.08 bits per heavy atom. The van der Waals surface area contributed by atoms with Crippen LogP contribution in [0.4, 0.5) is 9.52 Å². The molecule has 0 spiro atoms. The Morgan fingerprint density at radius 1 is 1.21 bits per heavy atom. The van der Waals surface area contributed by atoms with Crippen LogP contribution in [0.25, 0.3) is 16.9 Å². The largest absolute Gasteiger partial charge is 0.298 e. The van der Waals surface area contributed by atoms with Gasteiger partial charge in [0.05, 0.1) is 17.5 Å². The Morgan fingerprint density at radius 3 is 2.88 bits per heavy atom. The molecule has 0 aliphatic rings. The number of nitrogens with one attached hydrogen (secondary N) is 1. The first kappa shape index (κ1) is 14.5. The maximum Gasteiger partial charge on any atom is 0.261 e. The van der Waals surface area contributed by atoms with Gasteiger partial charge in [-0.15, -0.1) is 11.3 Å². The number of amides is 1. The van der Waals surface area contributed by atoms with Crippen molar-refractivity contribution in [2.75, 3.05) is 5.32 Å². The average molecular weight is 339 g/mol. The number of aromatic nitrogens is 4. The molecule has 0 aliphatic heterocycles. The van der Waals surface area contributed by atoms with Gasteiger partial charge in [0.15, 0.2) is 10.8 Å². The first-order chi connectivity index (χ1) is 11.7. The van der Waals surface area contributed by atoms with E-state index in [9.17, 15) is 9.18 Å². The van der Waals surface area contributed by atoms with Gasteiger partial charge in [0.1, 0.15) is 5.82 Å². The SMILES string of the molecule is O=C(Nc1nccs1)c1ccnn2cc(-c3ccccc3F)nc12. The molecule has 4 rings (SSSR count). The van der Waals surface area contributed by atoms with Crippen molar-refractivity contribution in [3.05, 3.63) is 65.7 Å². The molecule has 3 heterocycles. The molecule has 0 aliphatic carbocycles. The topological polar surface area (TPSA) is 72.2 Å². The lowest BCUT2D eigenvalue weighted by Gasteiger charge is -2.02. The van der Waals surface area contributed by atoms with E-state index < -0.39 is 0 Å². The molecular formula is C16H10FN5OS.